The minimum Gasteiger partial charge on any atom is -0.469 e. The second-order valence-corrected chi connectivity index (χ2v) is 3.52. The fraction of sp³-hybridized carbons (Fsp3) is 0.333. The number of pyridine rings is 1. The lowest BCUT2D eigenvalue weighted by molar-refractivity contribution is -0.384. The van der Waals surface area contributed by atoms with Crippen LogP contribution in [0.3, 0.4) is 0 Å². The van der Waals surface area contributed by atoms with E-state index in [-0.39, 0.29) is 5.69 Å². The average molecular weight is 281 g/mol. The number of hydrogen-bond acceptors (Lipinski definition) is 5. The van der Waals surface area contributed by atoms with Crippen molar-refractivity contribution in [3.05, 3.63) is 32.6 Å². The molecule has 1 aromatic rings. The van der Waals surface area contributed by atoms with Crippen LogP contribution in [0.15, 0.2) is 6.07 Å². The van der Waals surface area contributed by atoms with E-state index >= 15 is 0 Å². The molecule has 0 aliphatic rings. The number of nitrogens with zero attached hydrogens (tertiary/aromatic N) is 2. The van der Waals surface area contributed by atoms with Crippen LogP contribution in [0.1, 0.15) is 17.8 Å². The molecule has 0 saturated carbocycles. The first-order valence-electron chi connectivity index (χ1n) is 4.55. The lowest BCUT2D eigenvalue weighted by Crippen LogP contribution is -2.09. The fourth-order valence-electron chi connectivity index (χ4n) is 1.18. The fourth-order valence-corrected chi connectivity index (χ4v) is 1.42. The third-order valence-electron chi connectivity index (χ3n) is 1.97. The van der Waals surface area contributed by atoms with E-state index in [2.05, 4.69) is 9.72 Å². The van der Waals surface area contributed by atoms with Gasteiger partial charge in [0, 0.05) is 6.07 Å². The minimum atomic E-state index is -3.08. The Bertz CT molecular complexity index is 496. The van der Waals surface area contributed by atoms with E-state index in [1.54, 1.807) is 0 Å². The van der Waals surface area contributed by atoms with Crippen molar-refractivity contribution in [2.24, 2.45) is 0 Å². The lowest BCUT2D eigenvalue weighted by atomic mass is 10.2. The summed E-state index contributed by atoms with van der Waals surface area (Å²) in [6.07, 6.45) is -3.53. The van der Waals surface area contributed by atoms with Gasteiger partial charge >= 0.3 is 5.97 Å². The first kappa shape index (κ1) is 14.2. The summed E-state index contributed by atoms with van der Waals surface area (Å²) >= 11 is 5.44. The molecule has 0 N–H and O–H groups in total. The number of carbonyl (C=O) groups is 1. The highest BCUT2D eigenvalue weighted by Gasteiger charge is 2.25. The van der Waals surface area contributed by atoms with Crippen molar-refractivity contribution in [1.82, 2.24) is 4.98 Å². The summed E-state index contributed by atoms with van der Waals surface area (Å²) in [5.41, 5.74) is -1.85. The SMILES string of the molecule is COC(=O)Cc1cc([N+](=O)[O-])c(Cl)c(C(F)F)n1. The average Bonchev–Trinajstić information content (AvgIpc) is 2.30. The summed E-state index contributed by atoms with van der Waals surface area (Å²) in [7, 11) is 1.10. The smallest absolute Gasteiger partial charge is 0.311 e. The van der Waals surface area contributed by atoms with Crippen LogP contribution in [0.5, 0.6) is 0 Å². The van der Waals surface area contributed by atoms with Gasteiger partial charge in [-0.15, -0.1) is 0 Å². The molecule has 1 heterocycles. The summed E-state index contributed by atoms with van der Waals surface area (Å²) < 4.78 is 29.5. The Morgan fingerprint density at radius 2 is 2.28 bits per heavy atom. The Morgan fingerprint density at radius 3 is 2.72 bits per heavy atom. The highest BCUT2D eigenvalue weighted by molar-refractivity contribution is 6.33. The van der Waals surface area contributed by atoms with Crippen molar-refractivity contribution < 1.29 is 23.2 Å². The van der Waals surface area contributed by atoms with Gasteiger partial charge < -0.3 is 4.74 Å². The zero-order valence-electron chi connectivity index (χ0n) is 9.02. The number of halogens is 3. The summed E-state index contributed by atoms with van der Waals surface area (Å²) in [5, 5.41) is 9.90. The van der Waals surface area contributed by atoms with Gasteiger partial charge in [0.1, 0.15) is 10.7 Å². The molecule has 0 aliphatic carbocycles. The van der Waals surface area contributed by atoms with Gasteiger partial charge in [-0.05, 0) is 0 Å². The molecule has 0 radical (unpaired) electrons. The van der Waals surface area contributed by atoms with E-state index in [1.165, 1.54) is 0 Å². The molecule has 18 heavy (non-hydrogen) atoms. The molecule has 0 fully saturated rings. The number of aromatic nitrogens is 1. The van der Waals surface area contributed by atoms with Crippen LogP contribution >= 0.6 is 11.6 Å². The largest absolute Gasteiger partial charge is 0.469 e. The Labute approximate surface area is 105 Å². The second-order valence-electron chi connectivity index (χ2n) is 3.14. The van der Waals surface area contributed by atoms with Gasteiger partial charge in [-0.2, -0.15) is 0 Å². The molecule has 0 unspecified atom stereocenters. The molecular weight excluding hydrogens is 274 g/mol. The number of hydrogen-bond donors (Lipinski definition) is 0. The molecule has 9 heteroatoms. The highest BCUT2D eigenvalue weighted by atomic mass is 35.5. The van der Waals surface area contributed by atoms with Crippen LogP contribution < -0.4 is 0 Å². The van der Waals surface area contributed by atoms with E-state index in [0.717, 1.165) is 13.2 Å². The van der Waals surface area contributed by atoms with Crippen molar-refractivity contribution in [2.75, 3.05) is 7.11 Å². The summed E-state index contributed by atoms with van der Waals surface area (Å²) in [4.78, 5) is 24.1. The monoisotopic (exact) mass is 280 g/mol. The van der Waals surface area contributed by atoms with E-state index in [1.807, 2.05) is 0 Å². The summed E-state index contributed by atoms with van der Waals surface area (Å²) in [6.45, 7) is 0. The van der Waals surface area contributed by atoms with Gasteiger partial charge in [0.15, 0.2) is 0 Å². The highest BCUT2D eigenvalue weighted by Crippen LogP contribution is 2.33. The molecule has 0 bridgehead atoms. The van der Waals surface area contributed by atoms with Gasteiger partial charge in [0.25, 0.3) is 12.1 Å². The van der Waals surface area contributed by atoms with Crippen LogP contribution in [0.4, 0.5) is 14.5 Å². The van der Waals surface area contributed by atoms with Gasteiger partial charge in [0.05, 0.1) is 24.1 Å². The zero-order chi connectivity index (χ0) is 13.9. The number of esters is 1. The standard InChI is InChI=1S/C9H7ClF2N2O4/c1-18-6(15)3-4-2-5(14(16)17)7(10)8(13-4)9(11)12/h2,9H,3H2,1H3. The molecule has 1 aromatic heterocycles. The van der Waals surface area contributed by atoms with E-state index < -0.39 is 40.1 Å². The Kier molecular flexibility index (Phi) is 4.49. The van der Waals surface area contributed by atoms with Crippen molar-refractivity contribution >= 4 is 23.3 Å². The molecule has 0 atom stereocenters. The van der Waals surface area contributed by atoms with Crippen LogP contribution in [0.25, 0.3) is 0 Å². The third-order valence-corrected chi connectivity index (χ3v) is 2.36. The Hall–Kier alpha value is -1.83. The predicted octanol–water partition coefficient (Wildman–Crippen LogP) is 2.30. The van der Waals surface area contributed by atoms with Gasteiger partial charge in [-0.25, -0.2) is 13.8 Å². The molecule has 6 nitrogen and oxygen atoms in total. The topological polar surface area (TPSA) is 82.3 Å². The molecule has 1 rings (SSSR count). The normalized spacial score (nSPS) is 10.5. The van der Waals surface area contributed by atoms with Crippen LogP contribution in [-0.4, -0.2) is 23.0 Å². The Balaban J connectivity index is 3.29. The van der Waals surface area contributed by atoms with Crippen LogP contribution in [0.2, 0.25) is 5.02 Å². The van der Waals surface area contributed by atoms with Gasteiger partial charge in [-0.3, -0.25) is 14.9 Å². The maximum absolute atomic E-state index is 12.6. The number of ether oxygens (including phenoxy) is 1. The van der Waals surface area contributed by atoms with Crippen molar-refractivity contribution in [1.29, 1.82) is 0 Å². The minimum absolute atomic E-state index is 0.201. The Morgan fingerprint density at radius 1 is 1.67 bits per heavy atom. The predicted molar refractivity (Wildman–Crippen MR) is 56.6 cm³/mol. The molecule has 0 aromatic carbocycles. The van der Waals surface area contributed by atoms with E-state index in [9.17, 15) is 23.7 Å². The van der Waals surface area contributed by atoms with Crippen molar-refractivity contribution in [2.45, 2.75) is 12.8 Å². The molecule has 0 saturated heterocycles. The zero-order valence-corrected chi connectivity index (χ0v) is 9.78. The number of nitro groups is 1. The first-order chi connectivity index (χ1) is 8.36. The van der Waals surface area contributed by atoms with Crippen LogP contribution in [-0.2, 0) is 16.0 Å². The molecule has 98 valence electrons. The quantitative estimate of drug-likeness (QED) is 0.480. The number of rotatable bonds is 4. The third kappa shape index (κ3) is 3.10. The number of methoxy groups -OCH3 is 1. The molecule has 0 aliphatic heterocycles. The molecular formula is C9H7ClF2N2O4. The summed E-state index contributed by atoms with van der Waals surface area (Å²) in [5.74, 6) is -0.751. The molecule has 0 amide bonds. The lowest BCUT2D eigenvalue weighted by Gasteiger charge is -2.06. The van der Waals surface area contributed by atoms with Gasteiger partial charge in [-0.1, -0.05) is 11.6 Å². The van der Waals surface area contributed by atoms with E-state index in [0.29, 0.717) is 0 Å². The first-order valence-corrected chi connectivity index (χ1v) is 4.93. The summed E-state index contributed by atoms with van der Waals surface area (Å²) in [6, 6.07) is 0.866. The molecule has 0 spiro atoms. The maximum Gasteiger partial charge on any atom is 0.311 e. The van der Waals surface area contributed by atoms with E-state index in [4.69, 9.17) is 11.6 Å². The van der Waals surface area contributed by atoms with Gasteiger partial charge in [0.2, 0.25) is 0 Å². The second kappa shape index (κ2) is 5.67. The van der Waals surface area contributed by atoms with Crippen LogP contribution in [0, 0.1) is 10.1 Å². The van der Waals surface area contributed by atoms with Crippen molar-refractivity contribution in [3.63, 3.8) is 0 Å². The number of alkyl halides is 2. The van der Waals surface area contributed by atoms with Crippen molar-refractivity contribution in [3.8, 4) is 0 Å². The number of carbonyl (C=O) groups excluding carboxylic acids is 1. The maximum atomic E-state index is 12.6.